The number of nitrogen functional groups attached to an aromatic ring is 1. The molecule has 2 aromatic carbocycles. The molecule has 6 heteroatoms. The number of amides is 1. The Morgan fingerprint density at radius 3 is 2.45 bits per heavy atom. The minimum absolute atomic E-state index is 0.141. The van der Waals surface area contributed by atoms with Gasteiger partial charge in [0, 0.05) is 22.2 Å². The third-order valence-corrected chi connectivity index (χ3v) is 7.28. The van der Waals surface area contributed by atoms with E-state index in [-0.39, 0.29) is 11.7 Å². The first kappa shape index (κ1) is 21.3. The predicted molar refractivity (Wildman–Crippen MR) is 134 cm³/mol. The molecule has 0 atom stereocenters. The number of carbonyl (C=O) groups is 2. The van der Waals surface area contributed by atoms with E-state index < -0.39 is 0 Å². The second kappa shape index (κ2) is 9.16. The largest absolute Gasteiger partial charge is 0.397 e. The molecule has 1 amide bonds. The summed E-state index contributed by atoms with van der Waals surface area (Å²) in [6.45, 7) is 0. The summed E-state index contributed by atoms with van der Waals surface area (Å²) in [4.78, 5) is 32.3. The van der Waals surface area contributed by atoms with Gasteiger partial charge in [-0.1, -0.05) is 55.3 Å². The molecule has 0 unspecified atom stereocenters. The topological polar surface area (TPSA) is 85.1 Å². The molecule has 0 radical (unpaired) electrons. The van der Waals surface area contributed by atoms with E-state index in [1.165, 1.54) is 29.7 Å². The lowest BCUT2D eigenvalue weighted by Gasteiger charge is -2.12. The van der Waals surface area contributed by atoms with Crippen molar-refractivity contribution in [2.75, 3.05) is 11.1 Å². The Hall–Kier alpha value is -3.51. The van der Waals surface area contributed by atoms with Crippen LogP contribution in [0.25, 0.3) is 10.2 Å². The van der Waals surface area contributed by atoms with Gasteiger partial charge in [0.2, 0.25) is 0 Å². The third kappa shape index (κ3) is 4.26. The molecule has 2 heterocycles. The third-order valence-electron chi connectivity index (χ3n) is 6.16. The van der Waals surface area contributed by atoms with Crippen LogP contribution >= 0.6 is 11.3 Å². The molecule has 1 aliphatic rings. The first-order valence-corrected chi connectivity index (χ1v) is 12.1. The number of hydrogen-bond acceptors (Lipinski definition) is 5. The highest BCUT2D eigenvalue weighted by atomic mass is 32.1. The molecule has 4 aromatic rings. The molecule has 0 saturated heterocycles. The summed E-state index contributed by atoms with van der Waals surface area (Å²) in [5.41, 5.74) is 10.7. The van der Waals surface area contributed by atoms with E-state index in [0.717, 1.165) is 41.6 Å². The van der Waals surface area contributed by atoms with E-state index in [1.807, 2.05) is 18.2 Å². The van der Waals surface area contributed by atoms with Gasteiger partial charge in [-0.2, -0.15) is 0 Å². The smallest absolute Gasteiger partial charge is 0.267 e. The average Bonchev–Trinajstić information content (AvgIpc) is 3.15. The predicted octanol–water partition coefficient (Wildman–Crippen LogP) is 6.02. The maximum absolute atomic E-state index is 13.2. The van der Waals surface area contributed by atoms with Crippen LogP contribution in [0.15, 0.2) is 60.7 Å². The lowest BCUT2D eigenvalue weighted by atomic mass is 9.96. The van der Waals surface area contributed by atoms with Gasteiger partial charge in [0.25, 0.3) is 5.91 Å². The molecule has 1 aliphatic carbocycles. The van der Waals surface area contributed by atoms with Crippen LogP contribution in [0.5, 0.6) is 0 Å². The number of fused-ring (bicyclic) bond motifs is 2. The number of ketones is 1. The molecule has 5 rings (SSSR count). The molecule has 0 spiro atoms. The van der Waals surface area contributed by atoms with E-state index >= 15 is 0 Å². The number of para-hydroxylation sites is 1. The summed E-state index contributed by atoms with van der Waals surface area (Å²) in [6, 6.07) is 18.2. The monoisotopic (exact) mass is 455 g/mol. The van der Waals surface area contributed by atoms with Crippen molar-refractivity contribution in [3.63, 3.8) is 0 Å². The van der Waals surface area contributed by atoms with Crippen molar-refractivity contribution in [3.8, 4) is 0 Å². The highest BCUT2D eigenvalue weighted by Crippen LogP contribution is 2.35. The van der Waals surface area contributed by atoms with E-state index in [9.17, 15) is 9.59 Å². The fourth-order valence-electron chi connectivity index (χ4n) is 4.40. The average molecular weight is 456 g/mol. The summed E-state index contributed by atoms with van der Waals surface area (Å²) < 4.78 is 0. The fourth-order valence-corrected chi connectivity index (χ4v) is 5.39. The van der Waals surface area contributed by atoms with Crippen molar-refractivity contribution in [3.05, 3.63) is 87.9 Å². The summed E-state index contributed by atoms with van der Waals surface area (Å²) in [6.07, 6.45) is 6.76. The number of benzene rings is 2. The first-order valence-electron chi connectivity index (χ1n) is 11.3. The fraction of sp³-hybridized carbons (Fsp3) is 0.222. The zero-order valence-electron chi connectivity index (χ0n) is 18.3. The van der Waals surface area contributed by atoms with Crippen LogP contribution in [0.4, 0.5) is 11.4 Å². The lowest BCUT2D eigenvalue weighted by molar-refractivity contribution is 0.103. The number of aryl methyl sites for hydroxylation is 2. The van der Waals surface area contributed by atoms with Crippen LogP contribution in [0.1, 0.15) is 62.5 Å². The molecule has 0 saturated carbocycles. The Balaban J connectivity index is 1.47. The van der Waals surface area contributed by atoms with E-state index in [4.69, 9.17) is 10.7 Å². The molecular formula is C27H25N3O2S. The van der Waals surface area contributed by atoms with Gasteiger partial charge >= 0.3 is 0 Å². The van der Waals surface area contributed by atoms with Crippen LogP contribution in [0.3, 0.4) is 0 Å². The molecule has 0 aliphatic heterocycles. The molecule has 33 heavy (non-hydrogen) atoms. The summed E-state index contributed by atoms with van der Waals surface area (Å²) in [5, 5.41) is 3.76. The molecule has 0 bridgehead atoms. The van der Waals surface area contributed by atoms with Crippen LogP contribution < -0.4 is 11.1 Å². The molecule has 166 valence electrons. The molecule has 5 nitrogen and oxygen atoms in total. The van der Waals surface area contributed by atoms with Crippen molar-refractivity contribution in [1.82, 2.24) is 4.98 Å². The number of nitrogens with two attached hydrogens (primary N) is 1. The molecule has 3 N–H and O–H groups in total. The number of hydrogen-bond donors (Lipinski definition) is 2. The number of aromatic nitrogens is 1. The van der Waals surface area contributed by atoms with Gasteiger partial charge < -0.3 is 11.1 Å². The Morgan fingerprint density at radius 1 is 0.909 bits per heavy atom. The van der Waals surface area contributed by atoms with Gasteiger partial charge in [-0.3, -0.25) is 9.59 Å². The van der Waals surface area contributed by atoms with Crippen molar-refractivity contribution >= 4 is 44.6 Å². The number of nitrogens with one attached hydrogen (secondary N) is 1. The Kier molecular flexibility index (Phi) is 5.92. The SMILES string of the molecule is Nc1c(C(=O)Nc2ccccc2C(=O)c2ccccc2)sc2nc3c(cc12)CCCCCC3. The van der Waals surface area contributed by atoms with Crippen molar-refractivity contribution < 1.29 is 9.59 Å². The maximum Gasteiger partial charge on any atom is 0.267 e. The van der Waals surface area contributed by atoms with Gasteiger partial charge in [0.05, 0.1) is 11.4 Å². The minimum atomic E-state index is -0.323. The van der Waals surface area contributed by atoms with E-state index in [2.05, 4.69) is 11.4 Å². The van der Waals surface area contributed by atoms with Gasteiger partial charge in [-0.25, -0.2) is 4.98 Å². The standard InChI is InChI=1S/C27H25N3O2S/c28-23-20-16-18-12-4-1-2-7-14-21(18)30-27(20)33-25(23)26(32)29-22-15-9-8-13-19(22)24(31)17-10-5-3-6-11-17/h3,5-6,8-11,13,15-16H,1-2,4,7,12,14,28H2,(H,29,32). The summed E-state index contributed by atoms with van der Waals surface area (Å²) >= 11 is 1.31. The molecule has 2 aromatic heterocycles. The maximum atomic E-state index is 13.2. The van der Waals surface area contributed by atoms with Gasteiger partial charge in [-0.15, -0.1) is 11.3 Å². The van der Waals surface area contributed by atoms with Crippen molar-refractivity contribution in [2.45, 2.75) is 38.5 Å². The molecule has 0 fully saturated rings. The van der Waals surface area contributed by atoms with Gasteiger partial charge in [0.15, 0.2) is 5.78 Å². The normalized spacial score (nSPS) is 13.7. The number of nitrogens with zero attached hydrogens (tertiary/aromatic N) is 1. The second-order valence-corrected chi connectivity index (χ2v) is 9.40. The van der Waals surface area contributed by atoms with Gasteiger partial charge in [0.1, 0.15) is 9.71 Å². The van der Waals surface area contributed by atoms with Crippen LogP contribution in [-0.2, 0) is 12.8 Å². The van der Waals surface area contributed by atoms with E-state index in [1.54, 1.807) is 36.4 Å². The number of rotatable bonds is 4. The van der Waals surface area contributed by atoms with E-state index in [0.29, 0.717) is 27.4 Å². The van der Waals surface area contributed by atoms with Crippen LogP contribution in [0.2, 0.25) is 0 Å². The zero-order chi connectivity index (χ0) is 22.8. The Morgan fingerprint density at radius 2 is 1.64 bits per heavy atom. The summed E-state index contributed by atoms with van der Waals surface area (Å²) in [5.74, 6) is -0.464. The van der Waals surface area contributed by atoms with Crippen molar-refractivity contribution in [1.29, 1.82) is 0 Å². The van der Waals surface area contributed by atoms with Crippen molar-refractivity contribution in [2.24, 2.45) is 0 Å². The number of anilines is 2. The highest BCUT2D eigenvalue weighted by Gasteiger charge is 2.22. The lowest BCUT2D eigenvalue weighted by Crippen LogP contribution is -2.15. The number of thiophene rings is 1. The first-order chi connectivity index (χ1) is 16.1. The highest BCUT2D eigenvalue weighted by molar-refractivity contribution is 7.21. The number of pyridine rings is 1. The Bertz CT molecular complexity index is 1340. The number of carbonyl (C=O) groups excluding carboxylic acids is 2. The zero-order valence-corrected chi connectivity index (χ0v) is 19.1. The quantitative estimate of drug-likeness (QED) is 0.369. The minimum Gasteiger partial charge on any atom is -0.397 e. The van der Waals surface area contributed by atoms with Crippen LogP contribution in [0, 0.1) is 0 Å². The van der Waals surface area contributed by atoms with Crippen LogP contribution in [-0.4, -0.2) is 16.7 Å². The van der Waals surface area contributed by atoms with Gasteiger partial charge in [-0.05, 0) is 49.4 Å². The second-order valence-electron chi connectivity index (χ2n) is 8.40. The molecular weight excluding hydrogens is 430 g/mol. The summed E-state index contributed by atoms with van der Waals surface area (Å²) in [7, 11) is 0. The Labute approximate surface area is 196 Å².